The fourth-order valence-corrected chi connectivity index (χ4v) is 2.41. The van der Waals surface area contributed by atoms with Crippen molar-refractivity contribution >= 4 is 21.6 Å². The van der Waals surface area contributed by atoms with Crippen molar-refractivity contribution in [1.29, 1.82) is 0 Å². The van der Waals surface area contributed by atoms with E-state index in [-0.39, 0.29) is 17.6 Å². The zero-order chi connectivity index (χ0) is 14.7. The first-order valence-electron chi connectivity index (χ1n) is 6.38. The number of nitrogens with one attached hydrogen (secondary N) is 1. The smallest absolute Gasteiger partial charge is 0.165 e. The first-order valence-corrected chi connectivity index (χ1v) is 7.17. The SMILES string of the molecule is COc1ccc(C(C)Nc2cccc(C)c2Br)cc1F. The van der Waals surface area contributed by atoms with E-state index in [1.807, 2.05) is 38.1 Å². The van der Waals surface area contributed by atoms with E-state index in [2.05, 4.69) is 21.2 Å². The summed E-state index contributed by atoms with van der Waals surface area (Å²) in [5, 5.41) is 3.38. The normalized spacial score (nSPS) is 12.1. The molecule has 0 fully saturated rings. The summed E-state index contributed by atoms with van der Waals surface area (Å²) in [6, 6.07) is 11.0. The van der Waals surface area contributed by atoms with Crippen LogP contribution in [0.5, 0.6) is 5.75 Å². The molecule has 2 nitrogen and oxygen atoms in total. The average molecular weight is 338 g/mol. The predicted molar refractivity (Wildman–Crippen MR) is 83.9 cm³/mol. The number of hydrogen-bond acceptors (Lipinski definition) is 2. The summed E-state index contributed by atoms with van der Waals surface area (Å²) < 4.78 is 19.7. The van der Waals surface area contributed by atoms with Crippen LogP contribution in [0.2, 0.25) is 0 Å². The summed E-state index contributed by atoms with van der Waals surface area (Å²) in [5.74, 6) is -0.0837. The van der Waals surface area contributed by atoms with Gasteiger partial charge in [-0.05, 0) is 59.1 Å². The van der Waals surface area contributed by atoms with E-state index in [9.17, 15) is 4.39 Å². The van der Waals surface area contributed by atoms with Gasteiger partial charge in [0.2, 0.25) is 0 Å². The van der Waals surface area contributed by atoms with Crippen LogP contribution in [0.3, 0.4) is 0 Å². The molecule has 1 atom stereocenters. The molecule has 0 aliphatic heterocycles. The molecule has 0 saturated carbocycles. The molecule has 0 spiro atoms. The monoisotopic (exact) mass is 337 g/mol. The maximum Gasteiger partial charge on any atom is 0.165 e. The summed E-state index contributed by atoms with van der Waals surface area (Å²) in [4.78, 5) is 0. The van der Waals surface area contributed by atoms with Crippen LogP contribution < -0.4 is 10.1 Å². The molecule has 0 saturated heterocycles. The molecule has 0 aliphatic carbocycles. The van der Waals surface area contributed by atoms with Crippen molar-refractivity contribution in [2.75, 3.05) is 12.4 Å². The van der Waals surface area contributed by atoms with E-state index in [0.717, 1.165) is 21.3 Å². The molecule has 20 heavy (non-hydrogen) atoms. The summed E-state index contributed by atoms with van der Waals surface area (Å²) in [6.45, 7) is 4.03. The fraction of sp³-hybridized carbons (Fsp3) is 0.250. The molecule has 2 rings (SSSR count). The van der Waals surface area contributed by atoms with E-state index in [1.54, 1.807) is 6.07 Å². The minimum Gasteiger partial charge on any atom is -0.494 e. The van der Waals surface area contributed by atoms with Crippen LogP contribution in [0, 0.1) is 12.7 Å². The minimum absolute atomic E-state index is 0.00601. The molecule has 2 aromatic rings. The Morgan fingerprint density at radius 2 is 2.00 bits per heavy atom. The maximum atomic E-state index is 13.7. The van der Waals surface area contributed by atoms with Crippen molar-refractivity contribution in [2.24, 2.45) is 0 Å². The van der Waals surface area contributed by atoms with Crippen molar-refractivity contribution in [3.63, 3.8) is 0 Å². The summed E-state index contributed by atoms with van der Waals surface area (Å²) in [7, 11) is 1.46. The van der Waals surface area contributed by atoms with Gasteiger partial charge >= 0.3 is 0 Å². The van der Waals surface area contributed by atoms with Crippen LogP contribution >= 0.6 is 15.9 Å². The van der Waals surface area contributed by atoms with Gasteiger partial charge < -0.3 is 10.1 Å². The minimum atomic E-state index is -0.345. The lowest BCUT2D eigenvalue weighted by atomic mass is 10.1. The van der Waals surface area contributed by atoms with Crippen LogP contribution in [0.1, 0.15) is 24.1 Å². The number of methoxy groups -OCH3 is 1. The molecule has 0 heterocycles. The standard InChI is InChI=1S/C16H17BrFNO/c1-10-5-4-6-14(16(10)17)19-11(2)12-7-8-15(20-3)13(18)9-12/h4-9,11,19H,1-3H3. The Morgan fingerprint density at radius 1 is 1.25 bits per heavy atom. The highest BCUT2D eigenvalue weighted by Gasteiger charge is 2.11. The topological polar surface area (TPSA) is 21.3 Å². The van der Waals surface area contributed by atoms with E-state index in [0.29, 0.717) is 0 Å². The highest BCUT2D eigenvalue weighted by atomic mass is 79.9. The Kier molecular flexibility index (Phi) is 4.65. The lowest BCUT2D eigenvalue weighted by molar-refractivity contribution is 0.386. The van der Waals surface area contributed by atoms with Gasteiger partial charge in [-0.25, -0.2) is 4.39 Å². The zero-order valence-electron chi connectivity index (χ0n) is 11.7. The third-order valence-corrected chi connectivity index (χ3v) is 4.29. The van der Waals surface area contributed by atoms with Crippen molar-refractivity contribution < 1.29 is 9.13 Å². The number of hydrogen-bond donors (Lipinski definition) is 1. The van der Waals surface area contributed by atoms with E-state index < -0.39 is 0 Å². The number of benzene rings is 2. The Balaban J connectivity index is 2.21. The molecule has 0 aromatic heterocycles. The maximum absolute atomic E-state index is 13.7. The van der Waals surface area contributed by atoms with Gasteiger partial charge in [-0.1, -0.05) is 18.2 Å². The second kappa shape index (κ2) is 6.27. The van der Waals surface area contributed by atoms with Crippen LogP contribution in [-0.4, -0.2) is 7.11 Å². The summed E-state index contributed by atoms with van der Waals surface area (Å²) in [6.07, 6.45) is 0. The summed E-state index contributed by atoms with van der Waals surface area (Å²) >= 11 is 3.56. The molecule has 0 aliphatic rings. The number of anilines is 1. The van der Waals surface area contributed by atoms with Crippen molar-refractivity contribution in [2.45, 2.75) is 19.9 Å². The second-order valence-electron chi connectivity index (χ2n) is 4.70. The van der Waals surface area contributed by atoms with Gasteiger partial charge in [0.25, 0.3) is 0 Å². The highest BCUT2D eigenvalue weighted by Crippen LogP contribution is 2.30. The van der Waals surface area contributed by atoms with Gasteiger partial charge in [0.15, 0.2) is 11.6 Å². The predicted octanol–water partition coefficient (Wildman–Crippen LogP) is 5.08. The van der Waals surface area contributed by atoms with Gasteiger partial charge in [-0.15, -0.1) is 0 Å². The molecule has 1 N–H and O–H groups in total. The van der Waals surface area contributed by atoms with Crippen molar-refractivity contribution in [1.82, 2.24) is 0 Å². The number of aryl methyl sites for hydroxylation is 1. The lowest BCUT2D eigenvalue weighted by Gasteiger charge is -2.18. The third kappa shape index (κ3) is 3.12. The van der Waals surface area contributed by atoms with Gasteiger partial charge in [0.1, 0.15) is 0 Å². The van der Waals surface area contributed by atoms with Crippen LogP contribution in [-0.2, 0) is 0 Å². The largest absolute Gasteiger partial charge is 0.494 e. The molecule has 1 unspecified atom stereocenters. The molecule has 106 valence electrons. The number of ether oxygens (including phenoxy) is 1. The molecule has 0 amide bonds. The van der Waals surface area contributed by atoms with Gasteiger partial charge in [-0.3, -0.25) is 0 Å². The first-order chi connectivity index (χ1) is 9.52. The lowest BCUT2D eigenvalue weighted by Crippen LogP contribution is -2.08. The van der Waals surface area contributed by atoms with Crippen LogP contribution in [0.25, 0.3) is 0 Å². The van der Waals surface area contributed by atoms with E-state index >= 15 is 0 Å². The Bertz CT molecular complexity index is 615. The summed E-state index contributed by atoms with van der Waals surface area (Å²) in [5.41, 5.74) is 3.02. The Labute approximate surface area is 127 Å². The molecular formula is C16H17BrFNO. The van der Waals surface area contributed by atoms with Gasteiger partial charge in [0.05, 0.1) is 7.11 Å². The molecule has 2 aromatic carbocycles. The quantitative estimate of drug-likeness (QED) is 0.840. The fourth-order valence-electron chi connectivity index (χ4n) is 2.03. The van der Waals surface area contributed by atoms with E-state index in [1.165, 1.54) is 13.2 Å². The average Bonchev–Trinajstić information content (AvgIpc) is 2.43. The second-order valence-corrected chi connectivity index (χ2v) is 5.49. The van der Waals surface area contributed by atoms with Crippen molar-refractivity contribution in [3.8, 4) is 5.75 Å². The molecule has 0 bridgehead atoms. The Morgan fingerprint density at radius 3 is 2.65 bits per heavy atom. The van der Waals surface area contributed by atoms with Crippen molar-refractivity contribution in [3.05, 3.63) is 57.8 Å². The van der Waals surface area contributed by atoms with E-state index in [4.69, 9.17) is 4.74 Å². The molecule has 0 radical (unpaired) electrons. The first kappa shape index (κ1) is 14.9. The number of rotatable bonds is 4. The van der Waals surface area contributed by atoms with Crippen LogP contribution in [0.15, 0.2) is 40.9 Å². The highest BCUT2D eigenvalue weighted by molar-refractivity contribution is 9.10. The Hall–Kier alpha value is -1.55. The number of halogens is 2. The van der Waals surface area contributed by atoms with Gasteiger partial charge in [0, 0.05) is 16.2 Å². The third-order valence-electron chi connectivity index (χ3n) is 3.24. The van der Waals surface area contributed by atoms with Crippen LogP contribution in [0.4, 0.5) is 10.1 Å². The zero-order valence-corrected chi connectivity index (χ0v) is 13.3. The molecular weight excluding hydrogens is 321 g/mol. The molecule has 4 heteroatoms. The van der Waals surface area contributed by atoms with Gasteiger partial charge in [-0.2, -0.15) is 0 Å².